The Labute approximate surface area is 107 Å². The first kappa shape index (κ1) is 13.6. The zero-order chi connectivity index (χ0) is 14.0. The minimum absolute atomic E-state index is 0.0164. The number of anilines is 1. The average Bonchev–Trinajstić information content (AvgIpc) is 2.38. The van der Waals surface area contributed by atoms with Crippen LogP contribution in [-0.4, -0.2) is 35.3 Å². The second-order valence-corrected chi connectivity index (χ2v) is 4.48. The summed E-state index contributed by atoms with van der Waals surface area (Å²) in [6.45, 7) is 0.381. The summed E-state index contributed by atoms with van der Waals surface area (Å²) in [6.07, 6.45) is -2.85. The molecule has 0 unspecified atom stereocenters. The summed E-state index contributed by atoms with van der Waals surface area (Å²) in [6, 6.07) is 3.15. The van der Waals surface area contributed by atoms with Crippen molar-refractivity contribution < 1.29 is 23.1 Å². The van der Waals surface area contributed by atoms with Crippen LogP contribution in [-0.2, 0) is 0 Å². The number of aromatic nitrogens is 1. The molecule has 0 aromatic carbocycles. The summed E-state index contributed by atoms with van der Waals surface area (Å²) < 4.78 is 37.7. The fourth-order valence-corrected chi connectivity index (χ4v) is 2.26. The van der Waals surface area contributed by atoms with Gasteiger partial charge in [0.25, 0.3) is 0 Å². The number of nitrogens with zero attached hydrogens (tertiary/aromatic N) is 2. The van der Waals surface area contributed by atoms with E-state index in [1.165, 1.54) is 6.20 Å². The fraction of sp³-hybridized carbons (Fsp3) is 0.500. The van der Waals surface area contributed by atoms with Crippen molar-refractivity contribution in [1.29, 1.82) is 0 Å². The highest BCUT2D eigenvalue weighted by Gasteiger charge is 2.41. The lowest BCUT2D eigenvalue weighted by atomic mass is 9.96. The molecule has 2 rings (SSSR count). The molecule has 1 fully saturated rings. The van der Waals surface area contributed by atoms with Gasteiger partial charge in [-0.2, -0.15) is 13.2 Å². The van der Waals surface area contributed by atoms with Gasteiger partial charge in [0.2, 0.25) is 0 Å². The molecule has 2 heterocycles. The fourth-order valence-electron chi connectivity index (χ4n) is 2.26. The average molecular weight is 274 g/mol. The van der Waals surface area contributed by atoms with Crippen molar-refractivity contribution in [3.8, 4) is 0 Å². The summed E-state index contributed by atoms with van der Waals surface area (Å²) in [4.78, 5) is 16.4. The highest BCUT2D eigenvalue weighted by Crippen LogP contribution is 2.35. The Morgan fingerprint density at radius 3 is 2.53 bits per heavy atom. The standard InChI is InChI=1S/C12H13F3N2O2/c13-12(14,15)8-3-6-17(7-4-8)9-2-1-5-16-10(9)11(18)19/h1-2,5,8H,3-4,6-7H2,(H,18,19). The number of rotatable bonds is 2. The molecular weight excluding hydrogens is 261 g/mol. The zero-order valence-corrected chi connectivity index (χ0v) is 10.0. The molecule has 19 heavy (non-hydrogen) atoms. The number of piperidine rings is 1. The Kier molecular flexibility index (Phi) is 3.64. The van der Waals surface area contributed by atoms with E-state index < -0.39 is 18.1 Å². The normalized spacial score (nSPS) is 17.5. The van der Waals surface area contributed by atoms with Crippen LogP contribution in [0.3, 0.4) is 0 Å². The van der Waals surface area contributed by atoms with Gasteiger partial charge in [-0.25, -0.2) is 9.78 Å². The maximum Gasteiger partial charge on any atom is 0.391 e. The zero-order valence-electron chi connectivity index (χ0n) is 10.0. The van der Waals surface area contributed by atoms with Gasteiger partial charge in [-0.1, -0.05) is 0 Å². The van der Waals surface area contributed by atoms with Gasteiger partial charge in [-0.3, -0.25) is 0 Å². The number of pyridine rings is 1. The lowest BCUT2D eigenvalue weighted by Crippen LogP contribution is -2.39. The first-order valence-corrected chi connectivity index (χ1v) is 5.89. The topological polar surface area (TPSA) is 53.4 Å². The molecule has 1 aromatic heterocycles. The number of hydrogen-bond donors (Lipinski definition) is 1. The van der Waals surface area contributed by atoms with Gasteiger partial charge in [0.15, 0.2) is 5.69 Å². The lowest BCUT2D eigenvalue weighted by Gasteiger charge is -2.34. The number of alkyl halides is 3. The molecule has 1 N–H and O–H groups in total. The number of hydrogen-bond acceptors (Lipinski definition) is 3. The van der Waals surface area contributed by atoms with Crippen LogP contribution in [0.15, 0.2) is 18.3 Å². The molecular formula is C12H13F3N2O2. The third-order valence-corrected chi connectivity index (χ3v) is 3.29. The first-order valence-electron chi connectivity index (χ1n) is 5.89. The molecule has 1 aliphatic rings. The maximum absolute atomic E-state index is 12.6. The van der Waals surface area contributed by atoms with Gasteiger partial charge in [0.05, 0.1) is 11.6 Å². The van der Waals surface area contributed by atoms with Crippen molar-refractivity contribution in [3.05, 3.63) is 24.0 Å². The van der Waals surface area contributed by atoms with Gasteiger partial charge in [-0.15, -0.1) is 0 Å². The van der Waals surface area contributed by atoms with Crippen LogP contribution in [0.25, 0.3) is 0 Å². The van der Waals surface area contributed by atoms with Gasteiger partial charge >= 0.3 is 12.1 Å². The molecule has 0 spiro atoms. The van der Waals surface area contributed by atoms with Crippen LogP contribution in [0.2, 0.25) is 0 Å². The van der Waals surface area contributed by atoms with Crippen LogP contribution < -0.4 is 4.90 Å². The number of aromatic carboxylic acids is 1. The monoisotopic (exact) mass is 274 g/mol. The minimum atomic E-state index is -4.17. The Balaban J connectivity index is 2.12. The second kappa shape index (κ2) is 5.07. The van der Waals surface area contributed by atoms with Crippen LogP contribution >= 0.6 is 0 Å². The summed E-state index contributed by atoms with van der Waals surface area (Å²) in [5, 5.41) is 9.01. The van der Waals surface area contributed by atoms with E-state index in [4.69, 9.17) is 5.11 Å². The molecule has 1 aromatic rings. The van der Waals surface area contributed by atoms with Gasteiger partial charge in [0.1, 0.15) is 0 Å². The van der Waals surface area contributed by atoms with Gasteiger partial charge < -0.3 is 10.0 Å². The molecule has 0 atom stereocenters. The molecule has 4 nitrogen and oxygen atoms in total. The lowest BCUT2D eigenvalue weighted by molar-refractivity contribution is -0.179. The Morgan fingerprint density at radius 1 is 1.37 bits per heavy atom. The maximum atomic E-state index is 12.6. The smallest absolute Gasteiger partial charge is 0.391 e. The van der Waals surface area contributed by atoms with E-state index in [9.17, 15) is 18.0 Å². The highest BCUT2D eigenvalue weighted by atomic mass is 19.4. The number of halogens is 3. The summed E-state index contributed by atoms with van der Waals surface area (Å²) in [7, 11) is 0. The van der Waals surface area contributed by atoms with E-state index in [-0.39, 0.29) is 31.6 Å². The number of carbonyl (C=O) groups is 1. The molecule has 0 saturated carbocycles. The Morgan fingerprint density at radius 2 is 2.00 bits per heavy atom. The third kappa shape index (κ3) is 2.97. The van der Waals surface area contributed by atoms with Crippen molar-refractivity contribution in [2.75, 3.05) is 18.0 Å². The molecule has 0 bridgehead atoms. The molecule has 1 aliphatic heterocycles. The van der Waals surface area contributed by atoms with E-state index in [0.29, 0.717) is 5.69 Å². The van der Waals surface area contributed by atoms with Crippen LogP contribution in [0.1, 0.15) is 23.3 Å². The third-order valence-electron chi connectivity index (χ3n) is 3.29. The van der Waals surface area contributed by atoms with Crippen molar-refractivity contribution in [2.45, 2.75) is 19.0 Å². The predicted molar refractivity (Wildman–Crippen MR) is 62.2 cm³/mol. The number of carboxylic acids is 1. The van der Waals surface area contributed by atoms with Crippen molar-refractivity contribution in [3.63, 3.8) is 0 Å². The molecule has 7 heteroatoms. The SMILES string of the molecule is O=C(O)c1ncccc1N1CCC(C(F)(F)F)CC1. The number of carboxylic acid groups (broad SMARTS) is 1. The molecule has 0 amide bonds. The largest absolute Gasteiger partial charge is 0.476 e. The molecule has 1 saturated heterocycles. The quantitative estimate of drug-likeness (QED) is 0.900. The van der Waals surface area contributed by atoms with E-state index >= 15 is 0 Å². The van der Waals surface area contributed by atoms with Crippen LogP contribution in [0, 0.1) is 5.92 Å². The Bertz CT molecular complexity index is 468. The van der Waals surface area contributed by atoms with Crippen LogP contribution in [0.4, 0.5) is 18.9 Å². The summed E-state index contributed by atoms with van der Waals surface area (Å²) in [5.41, 5.74) is 0.267. The highest BCUT2D eigenvalue weighted by molar-refractivity contribution is 5.92. The van der Waals surface area contributed by atoms with Crippen LogP contribution in [0.5, 0.6) is 0 Å². The first-order chi connectivity index (χ1) is 8.89. The van der Waals surface area contributed by atoms with Crippen molar-refractivity contribution >= 4 is 11.7 Å². The van der Waals surface area contributed by atoms with E-state index in [2.05, 4.69) is 4.98 Å². The summed E-state index contributed by atoms with van der Waals surface area (Å²) >= 11 is 0. The van der Waals surface area contributed by atoms with E-state index in [1.54, 1.807) is 17.0 Å². The summed E-state index contributed by atoms with van der Waals surface area (Å²) in [5.74, 6) is -2.47. The van der Waals surface area contributed by atoms with E-state index in [1.807, 2.05) is 0 Å². The molecule has 0 radical (unpaired) electrons. The Hall–Kier alpha value is -1.79. The second-order valence-electron chi connectivity index (χ2n) is 4.48. The van der Waals surface area contributed by atoms with Gasteiger partial charge in [0, 0.05) is 19.3 Å². The minimum Gasteiger partial charge on any atom is -0.476 e. The van der Waals surface area contributed by atoms with E-state index in [0.717, 1.165) is 0 Å². The van der Waals surface area contributed by atoms with Crippen molar-refractivity contribution in [1.82, 2.24) is 4.98 Å². The van der Waals surface area contributed by atoms with Crippen molar-refractivity contribution in [2.24, 2.45) is 5.92 Å². The molecule has 104 valence electrons. The van der Waals surface area contributed by atoms with Gasteiger partial charge in [-0.05, 0) is 25.0 Å². The molecule has 0 aliphatic carbocycles. The predicted octanol–water partition coefficient (Wildman–Crippen LogP) is 2.56.